The SMILES string of the molecule is Cc1ccc(C(=O)N2CCNC(=O)[C@H]2CCO)cc1OCCCN. The van der Waals surface area contributed by atoms with Crippen molar-refractivity contribution in [2.45, 2.75) is 25.8 Å². The number of nitrogens with two attached hydrogens (primary N) is 1. The van der Waals surface area contributed by atoms with Crippen LogP contribution in [0.5, 0.6) is 5.75 Å². The Balaban J connectivity index is 2.18. The summed E-state index contributed by atoms with van der Waals surface area (Å²) in [4.78, 5) is 26.3. The van der Waals surface area contributed by atoms with Crippen LogP contribution in [0.2, 0.25) is 0 Å². The predicted octanol–water partition coefficient (Wildman–Crippen LogP) is 0.0456. The number of piperazine rings is 1. The highest BCUT2D eigenvalue weighted by atomic mass is 16.5. The Morgan fingerprint density at radius 3 is 3.00 bits per heavy atom. The van der Waals surface area contributed by atoms with Gasteiger partial charge in [0.25, 0.3) is 5.91 Å². The molecule has 2 rings (SSSR count). The number of carbonyl (C=O) groups excluding carboxylic acids is 2. The van der Waals surface area contributed by atoms with Crippen LogP contribution >= 0.6 is 0 Å². The van der Waals surface area contributed by atoms with Crippen LogP contribution in [0.1, 0.15) is 28.8 Å². The lowest BCUT2D eigenvalue weighted by Gasteiger charge is -2.35. The van der Waals surface area contributed by atoms with Crippen LogP contribution in [0.3, 0.4) is 0 Å². The van der Waals surface area contributed by atoms with Crippen molar-refractivity contribution in [3.63, 3.8) is 0 Å². The summed E-state index contributed by atoms with van der Waals surface area (Å²) in [6.07, 6.45) is 0.964. The Labute approximate surface area is 141 Å². The molecule has 1 aromatic rings. The van der Waals surface area contributed by atoms with Gasteiger partial charge in [0.2, 0.25) is 5.91 Å². The van der Waals surface area contributed by atoms with E-state index < -0.39 is 6.04 Å². The molecule has 1 aliphatic heterocycles. The maximum Gasteiger partial charge on any atom is 0.254 e. The van der Waals surface area contributed by atoms with Gasteiger partial charge in [-0.05, 0) is 44.0 Å². The number of aliphatic hydroxyl groups excluding tert-OH is 1. The molecule has 7 heteroatoms. The number of ether oxygens (including phenoxy) is 1. The van der Waals surface area contributed by atoms with E-state index in [0.717, 1.165) is 12.0 Å². The summed E-state index contributed by atoms with van der Waals surface area (Å²) in [5, 5.41) is 11.9. The Bertz CT molecular complexity index is 591. The van der Waals surface area contributed by atoms with Crippen LogP contribution in [-0.2, 0) is 4.79 Å². The zero-order chi connectivity index (χ0) is 17.5. The first-order valence-electron chi connectivity index (χ1n) is 8.21. The molecule has 0 radical (unpaired) electrons. The van der Waals surface area contributed by atoms with Crippen LogP contribution in [-0.4, -0.2) is 60.7 Å². The van der Waals surface area contributed by atoms with Crippen LogP contribution in [0, 0.1) is 6.92 Å². The van der Waals surface area contributed by atoms with Crippen molar-refractivity contribution in [2.75, 3.05) is 32.8 Å². The minimum atomic E-state index is -0.640. The first kappa shape index (κ1) is 18.2. The second-order valence-corrected chi connectivity index (χ2v) is 5.79. The van der Waals surface area contributed by atoms with Gasteiger partial charge < -0.3 is 25.8 Å². The fourth-order valence-corrected chi connectivity index (χ4v) is 2.69. The average molecular weight is 335 g/mol. The number of aliphatic hydroxyl groups is 1. The zero-order valence-corrected chi connectivity index (χ0v) is 14.0. The molecule has 1 fully saturated rings. The summed E-state index contributed by atoms with van der Waals surface area (Å²) in [6.45, 7) is 3.64. The van der Waals surface area contributed by atoms with Gasteiger partial charge in [-0.1, -0.05) is 6.07 Å². The number of rotatable bonds is 7. The highest BCUT2D eigenvalue weighted by Gasteiger charge is 2.33. The third-order valence-corrected chi connectivity index (χ3v) is 4.04. The Morgan fingerprint density at radius 2 is 2.29 bits per heavy atom. The van der Waals surface area contributed by atoms with Crippen LogP contribution < -0.4 is 15.8 Å². The number of nitrogens with zero attached hydrogens (tertiary/aromatic N) is 1. The predicted molar refractivity (Wildman–Crippen MR) is 89.9 cm³/mol. The molecule has 1 heterocycles. The third kappa shape index (κ3) is 4.24. The Kier molecular flexibility index (Phi) is 6.57. The number of amides is 2. The zero-order valence-electron chi connectivity index (χ0n) is 14.0. The maximum atomic E-state index is 12.8. The van der Waals surface area contributed by atoms with Crippen LogP contribution in [0.15, 0.2) is 18.2 Å². The van der Waals surface area contributed by atoms with Crippen molar-refractivity contribution in [1.29, 1.82) is 0 Å². The highest BCUT2D eigenvalue weighted by Crippen LogP contribution is 2.22. The topological polar surface area (TPSA) is 105 Å². The van der Waals surface area contributed by atoms with Gasteiger partial charge in [-0.2, -0.15) is 0 Å². The summed E-state index contributed by atoms with van der Waals surface area (Å²) in [7, 11) is 0. The van der Waals surface area contributed by atoms with Crippen LogP contribution in [0.4, 0.5) is 0 Å². The van der Waals surface area contributed by atoms with Gasteiger partial charge in [-0.15, -0.1) is 0 Å². The molecule has 24 heavy (non-hydrogen) atoms. The number of aryl methyl sites for hydroxylation is 1. The molecule has 0 aromatic heterocycles. The van der Waals surface area contributed by atoms with Crippen molar-refractivity contribution in [2.24, 2.45) is 5.73 Å². The van der Waals surface area contributed by atoms with Gasteiger partial charge in [0.15, 0.2) is 0 Å². The number of carbonyl (C=O) groups is 2. The van der Waals surface area contributed by atoms with Crippen molar-refractivity contribution in [1.82, 2.24) is 10.2 Å². The number of hydrogen-bond donors (Lipinski definition) is 3. The molecule has 1 atom stereocenters. The molecule has 0 unspecified atom stereocenters. The quantitative estimate of drug-likeness (QED) is 0.611. The Morgan fingerprint density at radius 1 is 1.50 bits per heavy atom. The minimum absolute atomic E-state index is 0.150. The molecular formula is C17H25N3O4. The minimum Gasteiger partial charge on any atom is -0.493 e. The third-order valence-electron chi connectivity index (χ3n) is 4.04. The largest absolute Gasteiger partial charge is 0.493 e. The lowest BCUT2D eigenvalue weighted by Crippen LogP contribution is -2.57. The van der Waals surface area contributed by atoms with Gasteiger partial charge >= 0.3 is 0 Å². The van der Waals surface area contributed by atoms with Gasteiger partial charge in [-0.25, -0.2) is 0 Å². The molecule has 1 saturated heterocycles. The molecule has 132 valence electrons. The number of nitrogens with one attached hydrogen (secondary N) is 1. The van der Waals surface area contributed by atoms with E-state index in [1.54, 1.807) is 12.1 Å². The first-order valence-corrected chi connectivity index (χ1v) is 8.21. The average Bonchev–Trinajstić information content (AvgIpc) is 2.58. The standard InChI is InChI=1S/C17H25N3O4/c1-12-3-4-13(11-15(12)24-10-2-6-18)17(23)20-8-7-19-16(22)14(20)5-9-21/h3-4,11,14,21H,2,5-10,18H2,1H3,(H,19,22)/t14-/m1/s1. The smallest absolute Gasteiger partial charge is 0.254 e. The molecular weight excluding hydrogens is 310 g/mol. The highest BCUT2D eigenvalue weighted by molar-refractivity contribution is 5.98. The first-order chi connectivity index (χ1) is 11.6. The van der Waals surface area contributed by atoms with Gasteiger partial charge in [-0.3, -0.25) is 9.59 Å². The molecule has 0 aliphatic carbocycles. The van der Waals surface area contributed by atoms with Gasteiger partial charge in [0, 0.05) is 25.3 Å². The molecule has 1 aliphatic rings. The molecule has 0 spiro atoms. The molecule has 4 N–H and O–H groups in total. The molecule has 0 saturated carbocycles. The number of benzene rings is 1. The van der Waals surface area contributed by atoms with Gasteiger partial charge in [0.1, 0.15) is 11.8 Å². The van der Waals surface area contributed by atoms with E-state index in [4.69, 9.17) is 15.6 Å². The molecule has 1 aromatic carbocycles. The van der Waals surface area contributed by atoms with E-state index in [2.05, 4.69) is 5.32 Å². The van der Waals surface area contributed by atoms with Crippen molar-refractivity contribution in [3.05, 3.63) is 29.3 Å². The summed E-state index contributed by atoms with van der Waals surface area (Å²) in [6, 6.07) is 4.63. The summed E-state index contributed by atoms with van der Waals surface area (Å²) in [5.41, 5.74) is 6.87. The monoisotopic (exact) mass is 335 g/mol. The lowest BCUT2D eigenvalue weighted by atomic mass is 10.1. The van der Waals surface area contributed by atoms with E-state index >= 15 is 0 Å². The molecule has 0 bridgehead atoms. The van der Waals surface area contributed by atoms with Crippen LogP contribution in [0.25, 0.3) is 0 Å². The summed E-state index contributed by atoms with van der Waals surface area (Å²) >= 11 is 0. The van der Waals surface area contributed by atoms with E-state index in [-0.39, 0.29) is 24.8 Å². The molecule has 2 amide bonds. The molecule has 7 nitrogen and oxygen atoms in total. The van der Waals surface area contributed by atoms with Gasteiger partial charge in [0.05, 0.1) is 6.61 Å². The van der Waals surface area contributed by atoms with E-state index in [0.29, 0.717) is 37.6 Å². The summed E-state index contributed by atoms with van der Waals surface area (Å²) < 4.78 is 5.68. The lowest BCUT2D eigenvalue weighted by molar-refractivity contribution is -0.128. The second kappa shape index (κ2) is 8.65. The van der Waals surface area contributed by atoms with Crippen molar-refractivity contribution in [3.8, 4) is 5.75 Å². The van der Waals surface area contributed by atoms with E-state index in [9.17, 15) is 9.59 Å². The van der Waals surface area contributed by atoms with E-state index in [1.807, 2.05) is 13.0 Å². The van der Waals surface area contributed by atoms with E-state index in [1.165, 1.54) is 4.90 Å². The second-order valence-electron chi connectivity index (χ2n) is 5.79. The van der Waals surface area contributed by atoms with Crippen molar-refractivity contribution < 1.29 is 19.4 Å². The normalized spacial score (nSPS) is 17.5. The number of hydrogen-bond acceptors (Lipinski definition) is 5. The maximum absolute atomic E-state index is 12.8. The summed E-state index contributed by atoms with van der Waals surface area (Å²) in [5.74, 6) is 0.191. The van der Waals surface area contributed by atoms with Crippen molar-refractivity contribution >= 4 is 11.8 Å². The fourth-order valence-electron chi connectivity index (χ4n) is 2.69. The fraction of sp³-hybridized carbons (Fsp3) is 0.529. The Hall–Kier alpha value is -2.12.